The van der Waals surface area contributed by atoms with Crippen LogP contribution in [-0.4, -0.2) is 37.2 Å². The quantitative estimate of drug-likeness (QED) is 0.684. The number of fused-ring (bicyclic) bond motifs is 1. The Hall–Kier alpha value is -2.96. The summed E-state index contributed by atoms with van der Waals surface area (Å²) in [4.78, 5) is 20.8. The number of hydrogen-bond acceptors (Lipinski definition) is 5. The van der Waals surface area contributed by atoms with Crippen molar-refractivity contribution < 1.29 is 9.53 Å². The van der Waals surface area contributed by atoms with E-state index in [1.165, 1.54) is 0 Å². The van der Waals surface area contributed by atoms with Gasteiger partial charge in [0.2, 0.25) is 0 Å². The van der Waals surface area contributed by atoms with Gasteiger partial charge in [-0.05, 0) is 12.1 Å². The first kappa shape index (κ1) is 17.2. The minimum atomic E-state index is -0.0680. The lowest BCUT2D eigenvalue weighted by molar-refractivity contribution is -0.110. The molecule has 0 unspecified atom stereocenters. The third-order valence-electron chi connectivity index (χ3n) is 4.96. The summed E-state index contributed by atoms with van der Waals surface area (Å²) in [6, 6.07) is 17.9. The zero-order valence-electron chi connectivity index (χ0n) is 15.2. The predicted molar refractivity (Wildman–Crippen MR) is 114 cm³/mol. The second-order valence-corrected chi connectivity index (χ2v) is 7.74. The number of nitrogens with zero attached hydrogens (tertiary/aromatic N) is 2. The fourth-order valence-corrected chi connectivity index (χ4v) is 4.61. The van der Waals surface area contributed by atoms with Gasteiger partial charge in [0.1, 0.15) is 0 Å². The molecule has 2 aliphatic heterocycles. The molecule has 1 amide bonds. The van der Waals surface area contributed by atoms with Gasteiger partial charge in [-0.3, -0.25) is 4.79 Å². The van der Waals surface area contributed by atoms with Gasteiger partial charge in [0.15, 0.2) is 5.13 Å². The van der Waals surface area contributed by atoms with E-state index in [0.717, 1.165) is 45.6 Å². The van der Waals surface area contributed by atoms with Gasteiger partial charge < -0.3 is 15.0 Å². The molecule has 3 heterocycles. The molecule has 6 heteroatoms. The van der Waals surface area contributed by atoms with E-state index in [1.54, 1.807) is 11.3 Å². The summed E-state index contributed by atoms with van der Waals surface area (Å²) in [5.74, 6) is -0.0680. The number of aromatic nitrogens is 1. The third-order valence-corrected chi connectivity index (χ3v) is 6.02. The van der Waals surface area contributed by atoms with Gasteiger partial charge in [-0.1, -0.05) is 59.9 Å². The fourth-order valence-electron chi connectivity index (χ4n) is 3.52. The number of anilines is 2. The van der Waals surface area contributed by atoms with Crippen LogP contribution in [0.2, 0.25) is 0 Å². The minimum Gasteiger partial charge on any atom is -0.378 e. The molecule has 0 aliphatic carbocycles. The number of carbonyl (C=O) groups excluding carboxylic acids is 1. The van der Waals surface area contributed by atoms with Gasteiger partial charge in [-0.2, -0.15) is 0 Å². The Bertz CT molecular complexity index is 1050. The van der Waals surface area contributed by atoms with Crippen LogP contribution in [0.25, 0.3) is 22.9 Å². The van der Waals surface area contributed by atoms with Crippen LogP contribution in [0.1, 0.15) is 10.4 Å². The number of ether oxygens (including phenoxy) is 1. The van der Waals surface area contributed by atoms with Crippen LogP contribution < -0.4 is 10.2 Å². The Balaban J connectivity index is 1.62. The summed E-state index contributed by atoms with van der Waals surface area (Å²) in [6.07, 6.45) is 1.98. The van der Waals surface area contributed by atoms with Crippen LogP contribution in [0.3, 0.4) is 0 Å². The summed E-state index contributed by atoms with van der Waals surface area (Å²) in [7, 11) is 0. The van der Waals surface area contributed by atoms with Gasteiger partial charge >= 0.3 is 0 Å². The van der Waals surface area contributed by atoms with Gasteiger partial charge in [-0.15, -0.1) is 0 Å². The summed E-state index contributed by atoms with van der Waals surface area (Å²) in [5.41, 5.74) is 4.45. The van der Waals surface area contributed by atoms with Gasteiger partial charge in [0.25, 0.3) is 5.91 Å². The molecular formula is C22H19N3O2S. The van der Waals surface area contributed by atoms with E-state index in [2.05, 4.69) is 22.3 Å². The van der Waals surface area contributed by atoms with E-state index >= 15 is 0 Å². The molecule has 0 spiro atoms. The highest BCUT2D eigenvalue weighted by atomic mass is 32.1. The molecule has 140 valence electrons. The van der Waals surface area contributed by atoms with Crippen molar-refractivity contribution >= 4 is 39.7 Å². The molecule has 0 atom stereocenters. The maximum atomic E-state index is 12.6. The molecule has 0 radical (unpaired) electrons. The second kappa shape index (κ2) is 7.22. The molecule has 0 bridgehead atoms. The monoisotopic (exact) mass is 389 g/mol. The smallest absolute Gasteiger partial charge is 0.256 e. The second-order valence-electron chi connectivity index (χ2n) is 6.73. The third kappa shape index (κ3) is 3.10. The zero-order valence-corrected chi connectivity index (χ0v) is 16.0. The molecule has 3 aromatic rings. The van der Waals surface area contributed by atoms with E-state index in [-0.39, 0.29) is 5.91 Å². The van der Waals surface area contributed by atoms with E-state index in [0.29, 0.717) is 18.8 Å². The topological polar surface area (TPSA) is 54.5 Å². The predicted octanol–water partition coefficient (Wildman–Crippen LogP) is 4.14. The summed E-state index contributed by atoms with van der Waals surface area (Å²) in [5, 5.41) is 3.92. The van der Waals surface area contributed by atoms with Crippen molar-refractivity contribution in [3.05, 3.63) is 65.0 Å². The molecule has 1 fully saturated rings. The van der Waals surface area contributed by atoms with Crippen LogP contribution in [0.15, 0.2) is 54.6 Å². The van der Waals surface area contributed by atoms with Crippen molar-refractivity contribution in [2.24, 2.45) is 0 Å². The Morgan fingerprint density at radius 1 is 1.04 bits per heavy atom. The summed E-state index contributed by atoms with van der Waals surface area (Å²) in [6.45, 7) is 3.10. The van der Waals surface area contributed by atoms with E-state index < -0.39 is 0 Å². The van der Waals surface area contributed by atoms with Crippen LogP contribution in [0.5, 0.6) is 0 Å². The average Bonchev–Trinajstić information content (AvgIpc) is 3.31. The number of carbonyl (C=O) groups is 1. The van der Waals surface area contributed by atoms with Crippen molar-refractivity contribution in [2.45, 2.75) is 0 Å². The molecule has 5 nitrogen and oxygen atoms in total. The lowest BCUT2D eigenvalue weighted by Gasteiger charge is -2.26. The van der Waals surface area contributed by atoms with Gasteiger partial charge in [-0.25, -0.2) is 4.98 Å². The number of hydrogen-bond donors (Lipinski definition) is 1. The number of morpholine rings is 1. The number of rotatable bonds is 3. The first-order chi connectivity index (χ1) is 13.8. The highest BCUT2D eigenvalue weighted by Crippen LogP contribution is 2.39. The van der Waals surface area contributed by atoms with Crippen LogP contribution >= 0.6 is 11.3 Å². The first-order valence-electron chi connectivity index (χ1n) is 9.31. The van der Waals surface area contributed by atoms with Crippen molar-refractivity contribution in [3.8, 4) is 11.3 Å². The van der Waals surface area contributed by atoms with Crippen molar-refractivity contribution in [2.75, 3.05) is 36.5 Å². The molecule has 28 heavy (non-hydrogen) atoms. The lowest BCUT2D eigenvalue weighted by atomic mass is 10.0. The number of para-hydroxylation sites is 1. The number of thiazole rings is 1. The Morgan fingerprint density at radius 3 is 2.61 bits per heavy atom. The van der Waals surface area contributed by atoms with Gasteiger partial charge in [0, 0.05) is 29.9 Å². The van der Waals surface area contributed by atoms with Crippen molar-refractivity contribution in [1.29, 1.82) is 0 Å². The molecule has 1 aromatic heterocycles. The first-order valence-corrected chi connectivity index (χ1v) is 10.1. The Kier molecular flexibility index (Phi) is 4.43. The van der Waals surface area contributed by atoms with Crippen LogP contribution in [0.4, 0.5) is 10.8 Å². The number of benzene rings is 2. The molecule has 1 saturated heterocycles. The maximum absolute atomic E-state index is 12.6. The lowest BCUT2D eigenvalue weighted by Crippen LogP contribution is -2.36. The molecular weight excluding hydrogens is 370 g/mol. The average molecular weight is 389 g/mol. The number of nitrogens with one attached hydrogen (secondary N) is 1. The minimum absolute atomic E-state index is 0.0680. The van der Waals surface area contributed by atoms with E-state index in [4.69, 9.17) is 9.72 Å². The summed E-state index contributed by atoms with van der Waals surface area (Å²) < 4.78 is 5.47. The molecule has 2 aromatic carbocycles. The standard InChI is InChI=1S/C22H19N3O2S/c26-21-17(16-8-4-5-9-18(16)23-21)14-19-20(15-6-2-1-3-7-15)24-22(28-19)25-10-12-27-13-11-25/h1-9,14H,10-13H2,(H,23,26). The molecule has 1 N–H and O–H groups in total. The van der Waals surface area contributed by atoms with Crippen molar-refractivity contribution in [1.82, 2.24) is 4.98 Å². The highest BCUT2D eigenvalue weighted by Gasteiger charge is 2.25. The van der Waals surface area contributed by atoms with E-state index in [1.807, 2.05) is 48.5 Å². The molecule has 2 aliphatic rings. The van der Waals surface area contributed by atoms with Gasteiger partial charge in [0.05, 0.1) is 29.4 Å². The molecule has 0 saturated carbocycles. The number of amides is 1. The maximum Gasteiger partial charge on any atom is 0.256 e. The Labute approximate surface area is 167 Å². The zero-order chi connectivity index (χ0) is 18.9. The SMILES string of the molecule is O=C1Nc2ccccc2C1=Cc1sc(N2CCOCC2)nc1-c1ccccc1. The molecule has 5 rings (SSSR count). The van der Waals surface area contributed by atoms with E-state index in [9.17, 15) is 4.79 Å². The normalized spacial score (nSPS) is 17.6. The Morgan fingerprint density at radius 2 is 1.79 bits per heavy atom. The fraction of sp³-hybridized carbons (Fsp3) is 0.182. The largest absolute Gasteiger partial charge is 0.378 e. The summed E-state index contributed by atoms with van der Waals surface area (Å²) >= 11 is 1.63. The van der Waals surface area contributed by atoms with Crippen LogP contribution in [-0.2, 0) is 9.53 Å². The highest BCUT2D eigenvalue weighted by molar-refractivity contribution is 7.17. The van der Waals surface area contributed by atoms with Crippen molar-refractivity contribution in [3.63, 3.8) is 0 Å². The van der Waals surface area contributed by atoms with Crippen LogP contribution in [0, 0.1) is 0 Å².